The zero-order valence-corrected chi connectivity index (χ0v) is 10.9. The number of nitrogens with zero attached hydrogens (tertiary/aromatic N) is 1. The van der Waals surface area contributed by atoms with Crippen molar-refractivity contribution >= 4 is 29.4 Å². The number of anilines is 1. The molecule has 0 spiro atoms. The van der Waals surface area contributed by atoms with E-state index in [1.807, 2.05) is 6.07 Å². The van der Waals surface area contributed by atoms with Crippen molar-refractivity contribution in [1.82, 2.24) is 5.32 Å². The Bertz CT molecular complexity index is 500. The number of nitro benzene ring substituents is 1. The summed E-state index contributed by atoms with van der Waals surface area (Å²) in [5.41, 5.74) is 8.78. The fourth-order valence-corrected chi connectivity index (χ4v) is 2.00. The summed E-state index contributed by atoms with van der Waals surface area (Å²) in [7, 11) is 0. The number of nitrogens with one attached hydrogen (secondary N) is 1. The second-order valence-corrected chi connectivity index (χ2v) is 4.17. The third-order valence-electron chi connectivity index (χ3n) is 3.00. The van der Waals surface area contributed by atoms with Crippen LogP contribution in [0.3, 0.4) is 0 Å². The molecule has 0 atom stereocenters. The summed E-state index contributed by atoms with van der Waals surface area (Å²) in [6.07, 6.45) is 2.96. The van der Waals surface area contributed by atoms with Crippen molar-refractivity contribution in [2.45, 2.75) is 13.3 Å². The van der Waals surface area contributed by atoms with Gasteiger partial charge < -0.3 is 11.1 Å². The minimum atomic E-state index is -0.423. The lowest BCUT2D eigenvalue weighted by atomic mass is 9.97. The molecule has 5 nitrogen and oxygen atoms in total. The number of halogens is 1. The first-order valence-electron chi connectivity index (χ1n) is 5.54. The van der Waals surface area contributed by atoms with E-state index in [1.54, 1.807) is 13.0 Å². The Morgan fingerprint density at radius 1 is 1.44 bits per heavy atom. The molecule has 98 valence electrons. The number of nitro groups is 1. The monoisotopic (exact) mass is 269 g/mol. The van der Waals surface area contributed by atoms with Crippen LogP contribution in [0.2, 0.25) is 0 Å². The number of nitrogens with two attached hydrogens (primary N) is 1. The predicted molar refractivity (Wildman–Crippen MR) is 75.0 cm³/mol. The highest BCUT2D eigenvalue weighted by Gasteiger charge is 2.17. The topological polar surface area (TPSA) is 81.2 Å². The third kappa shape index (κ3) is 2.80. The van der Waals surface area contributed by atoms with Crippen molar-refractivity contribution in [2.75, 3.05) is 18.8 Å². The van der Waals surface area contributed by atoms with Crippen LogP contribution in [0.15, 0.2) is 18.2 Å². The van der Waals surface area contributed by atoms with Crippen LogP contribution < -0.4 is 11.1 Å². The van der Waals surface area contributed by atoms with E-state index >= 15 is 0 Å². The molecule has 0 radical (unpaired) electrons. The minimum absolute atomic E-state index is 0. The number of benzene rings is 1. The lowest BCUT2D eigenvalue weighted by Crippen LogP contribution is -2.20. The maximum Gasteiger partial charge on any atom is 0.292 e. The number of hydrogen-bond acceptors (Lipinski definition) is 4. The van der Waals surface area contributed by atoms with Crippen LogP contribution in [0.5, 0.6) is 0 Å². The Balaban J connectivity index is 0.00000162. The molecule has 6 heteroatoms. The van der Waals surface area contributed by atoms with Crippen LogP contribution >= 0.6 is 12.4 Å². The molecule has 0 bridgehead atoms. The highest BCUT2D eigenvalue weighted by Crippen LogP contribution is 2.31. The number of rotatable bonds is 2. The van der Waals surface area contributed by atoms with Gasteiger partial charge in [0.2, 0.25) is 0 Å². The van der Waals surface area contributed by atoms with Gasteiger partial charge in [0.15, 0.2) is 0 Å². The molecule has 1 heterocycles. The molecule has 0 saturated carbocycles. The van der Waals surface area contributed by atoms with E-state index in [-0.39, 0.29) is 23.8 Å². The van der Waals surface area contributed by atoms with E-state index in [2.05, 4.69) is 11.4 Å². The number of aryl methyl sites for hydroxylation is 1. The number of hydrogen-bond donors (Lipinski definition) is 2. The third-order valence-corrected chi connectivity index (χ3v) is 3.00. The van der Waals surface area contributed by atoms with E-state index in [1.165, 1.54) is 0 Å². The van der Waals surface area contributed by atoms with Crippen molar-refractivity contribution in [3.8, 4) is 0 Å². The molecule has 0 unspecified atom stereocenters. The standard InChI is InChI=1S/C12H15N3O2.ClH/c1-8-6-10(9-2-4-14-5-3-9)7-11(12(8)13)15(16)17;/h2,6-7,14H,3-5,13H2,1H3;1H. The molecule has 0 saturated heterocycles. The molecule has 1 aliphatic rings. The Morgan fingerprint density at radius 2 is 2.17 bits per heavy atom. The van der Waals surface area contributed by atoms with Gasteiger partial charge in [-0.15, -0.1) is 12.4 Å². The van der Waals surface area contributed by atoms with Gasteiger partial charge in [-0.05, 0) is 42.7 Å². The lowest BCUT2D eigenvalue weighted by Gasteiger charge is -2.15. The molecule has 1 aromatic carbocycles. The largest absolute Gasteiger partial charge is 0.393 e. The molecular formula is C12H16ClN3O2. The van der Waals surface area contributed by atoms with Gasteiger partial charge in [0.05, 0.1) is 4.92 Å². The maximum absolute atomic E-state index is 10.9. The summed E-state index contributed by atoms with van der Waals surface area (Å²) < 4.78 is 0. The molecule has 1 aliphatic heterocycles. The Kier molecular flexibility index (Phi) is 4.69. The summed E-state index contributed by atoms with van der Waals surface area (Å²) in [6.45, 7) is 3.52. The van der Waals surface area contributed by atoms with E-state index in [0.717, 1.165) is 36.2 Å². The van der Waals surface area contributed by atoms with Gasteiger partial charge in [0.1, 0.15) is 5.69 Å². The van der Waals surface area contributed by atoms with E-state index in [0.29, 0.717) is 0 Å². The van der Waals surface area contributed by atoms with Crippen molar-refractivity contribution in [3.05, 3.63) is 39.4 Å². The molecule has 3 N–H and O–H groups in total. The van der Waals surface area contributed by atoms with Crippen LogP contribution in [0, 0.1) is 17.0 Å². The Hall–Kier alpha value is -1.59. The quantitative estimate of drug-likeness (QED) is 0.490. The van der Waals surface area contributed by atoms with E-state index in [4.69, 9.17) is 5.73 Å². The summed E-state index contributed by atoms with van der Waals surface area (Å²) >= 11 is 0. The van der Waals surface area contributed by atoms with E-state index < -0.39 is 4.92 Å². The van der Waals surface area contributed by atoms with Gasteiger partial charge in [-0.2, -0.15) is 0 Å². The lowest BCUT2D eigenvalue weighted by molar-refractivity contribution is -0.383. The molecule has 1 aromatic rings. The minimum Gasteiger partial charge on any atom is -0.393 e. The Labute approximate surface area is 112 Å². The first-order chi connectivity index (χ1) is 8.09. The van der Waals surface area contributed by atoms with Crippen LogP contribution in [-0.2, 0) is 0 Å². The molecule has 2 rings (SSSR count). The predicted octanol–water partition coefficient (Wildman–Crippen LogP) is 2.28. The molecular weight excluding hydrogens is 254 g/mol. The fraction of sp³-hybridized carbons (Fsp3) is 0.333. The van der Waals surface area contributed by atoms with Crippen LogP contribution in [0.4, 0.5) is 11.4 Å². The van der Waals surface area contributed by atoms with Crippen molar-refractivity contribution in [3.63, 3.8) is 0 Å². The normalized spacial score (nSPS) is 14.6. The highest BCUT2D eigenvalue weighted by molar-refractivity contribution is 5.85. The van der Waals surface area contributed by atoms with Gasteiger partial charge in [0.25, 0.3) is 5.69 Å². The number of nitrogen functional groups attached to an aromatic ring is 1. The summed E-state index contributed by atoms with van der Waals surface area (Å²) in [6, 6.07) is 3.49. The van der Waals surface area contributed by atoms with Crippen LogP contribution in [0.1, 0.15) is 17.5 Å². The van der Waals surface area contributed by atoms with Gasteiger partial charge >= 0.3 is 0 Å². The first kappa shape index (κ1) is 14.5. The SMILES string of the molecule is Cc1cc(C2=CCNCC2)cc([N+](=O)[O-])c1N.Cl. The molecule has 0 aromatic heterocycles. The maximum atomic E-state index is 10.9. The second-order valence-electron chi connectivity index (χ2n) is 4.17. The van der Waals surface area contributed by atoms with Gasteiger partial charge in [0, 0.05) is 12.6 Å². The highest BCUT2D eigenvalue weighted by atomic mass is 35.5. The zero-order chi connectivity index (χ0) is 12.4. The zero-order valence-electron chi connectivity index (χ0n) is 10.1. The molecule has 0 amide bonds. The first-order valence-corrected chi connectivity index (χ1v) is 5.54. The van der Waals surface area contributed by atoms with E-state index in [9.17, 15) is 10.1 Å². The van der Waals surface area contributed by atoms with Crippen molar-refractivity contribution in [2.24, 2.45) is 0 Å². The molecule has 0 aliphatic carbocycles. The van der Waals surface area contributed by atoms with Gasteiger partial charge in [-0.1, -0.05) is 6.08 Å². The van der Waals surface area contributed by atoms with Crippen LogP contribution in [0.25, 0.3) is 5.57 Å². The summed E-state index contributed by atoms with van der Waals surface area (Å²) in [4.78, 5) is 10.5. The van der Waals surface area contributed by atoms with Crippen LogP contribution in [-0.4, -0.2) is 18.0 Å². The smallest absolute Gasteiger partial charge is 0.292 e. The summed E-state index contributed by atoms with van der Waals surface area (Å²) in [5, 5.41) is 14.1. The molecule has 0 fully saturated rings. The molecule has 18 heavy (non-hydrogen) atoms. The van der Waals surface area contributed by atoms with Gasteiger partial charge in [-0.3, -0.25) is 10.1 Å². The Morgan fingerprint density at radius 3 is 2.72 bits per heavy atom. The summed E-state index contributed by atoms with van der Waals surface area (Å²) in [5.74, 6) is 0. The average molecular weight is 270 g/mol. The van der Waals surface area contributed by atoms with Crippen molar-refractivity contribution < 1.29 is 4.92 Å². The fourth-order valence-electron chi connectivity index (χ4n) is 2.00. The average Bonchev–Trinajstić information content (AvgIpc) is 2.33. The van der Waals surface area contributed by atoms with Crippen molar-refractivity contribution in [1.29, 1.82) is 0 Å². The van der Waals surface area contributed by atoms with Gasteiger partial charge in [-0.25, -0.2) is 0 Å². The second kappa shape index (κ2) is 5.84.